The molecule has 2 heteroatoms. The molecule has 0 bridgehead atoms. The lowest BCUT2D eigenvalue weighted by molar-refractivity contribution is 0.369. The molecule has 2 nitrogen and oxygen atoms in total. The van der Waals surface area contributed by atoms with Crippen molar-refractivity contribution in [1.29, 1.82) is 0 Å². The van der Waals surface area contributed by atoms with Crippen molar-refractivity contribution in [3.8, 4) is 0 Å². The molecule has 0 aliphatic heterocycles. The van der Waals surface area contributed by atoms with Gasteiger partial charge in [0.25, 0.3) is 0 Å². The monoisotopic (exact) mass is 116 g/mol. The summed E-state index contributed by atoms with van der Waals surface area (Å²) >= 11 is 0. The Morgan fingerprint density at radius 3 is 2.00 bits per heavy atom. The highest BCUT2D eigenvalue weighted by molar-refractivity contribution is 4.60. The van der Waals surface area contributed by atoms with Gasteiger partial charge in [0, 0.05) is 6.54 Å². The van der Waals surface area contributed by atoms with Gasteiger partial charge in [-0.15, -0.1) is 0 Å². The summed E-state index contributed by atoms with van der Waals surface area (Å²) in [7, 11) is 0. The van der Waals surface area contributed by atoms with Crippen LogP contribution >= 0.6 is 0 Å². The van der Waals surface area contributed by atoms with Crippen LogP contribution in [0.1, 0.15) is 27.2 Å². The van der Waals surface area contributed by atoms with Crippen LogP contribution < -0.4 is 11.3 Å². The molecule has 0 aromatic heterocycles. The molecule has 50 valence electrons. The molecule has 0 aromatic rings. The lowest BCUT2D eigenvalue weighted by Crippen LogP contribution is -2.26. The first-order valence-electron chi connectivity index (χ1n) is 3.00. The van der Waals surface area contributed by atoms with Gasteiger partial charge >= 0.3 is 0 Å². The lowest BCUT2D eigenvalue weighted by atomic mass is 9.93. The maximum atomic E-state index is 5.09. The zero-order chi connectivity index (χ0) is 6.62. The third kappa shape index (κ3) is 5.92. The number of nitrogens with one attached hydrogen (secondary N) is 1. The third-order valence-corrected chi connectivity index (χ3v) is 1.02. The first-order valence-corrected chi connectivity index (χ1v) is 3.00. The van der Waals surface area contributed by atoms with E-state index in [1.807, 2.05) is 0 Å². The van der Waals surface area contributed by atoms with Crippen molar-refractivity contribution >= 4 is 0 Å². The van der Waals surface area contributed by atoms with E-state index in [1.165, 1.54) is 0 Å². The predicted molar refractivity (Wildman–Crippen MR) is 36.3 cm³/mol. The van der Waals surface area contributed by atoms with Gasteiger partial charge < -0.3 is 0 Å². The summed E-state index contributed by atoms with van der Waals surface area (Å²) in [5.41, 5.74) is 3.03. The second-order valence-corrected chi connectivity index (χ2v) is 3.26. The molecule has 0 atom stereocenters. The highest BCUT2D eigenvalue weighted by atomic mass is 15.2. The maximum absolute atomic E-state index is 5.09. The van der Waals surface area contributed by atoms with Crippen LogP contribution in [0.5, 0.6) is 0 Å². The van der Waals surface area contributed by atoms with E-state index in [0.717, 1.165) is 13.0 Å². The average molecular weight is 116 g/mol. The largest absolute Gasteiger partial charge is 0.271 e. The molecular weight excluding hydrogens is 100 g/mol. The van der Waals surface area contributed by atoms with Crippen LogP contribution in [0.2, 0.25) is 0 Å². The summed E-state index contributed by atoms with van der Waals surface area (Å²) in [5.74, 6) is 5.09. The SMILES string of the molecule is CC(C)(C)CCNN. The van der Waals surface area contributed by atoms with E-state index in [9.17, 15) is 0 Å². The van der Waals surface area contributed by atoms with Gasteiger partial charge in [0.05, 0.1) is 0 Å². The standard InChI is InChI=1S/C6H16N2/c1-6(2,3)4-5-8-7/h8H,4-5,7H2,1-3H3. The molecule has 0 radical (unpaired) electrons. The Kier molecular flexibility index (Phi) is 3.02. The number of rotatable bonds is 2. The summed E-state index contributed by atoms with van der Waals surface area (Å²) in [5, 5.41) is 0. The van der Waals surface area contributed by atoms with Gasteiger partial charge in [0.2, 0.25) is 0 Å². The lowest BCUT2D eigenvalue weighted by Gasteiger charge is -2.16. The Bertz CT molecular complexity index is 54.0. The molecular formula is C6H16N2. The Morgan fingerprint density at radius 2 is 1.88 bits per heavy atom. The minimum Gasteiger partial charge on any atom is -0.271 e. The second kappa shape index (κ2) is 3.05. The topological polar surface area (TPSA) is 38.0 Å². The summed E-state index contributed by atoms with van der Waals surface area (Å²) in [6.07, 6.45) is 1.13. The van der Waals surface area contributed by atoms with Crippen molar-refractivity contribution < 1.29 is 0 Å². The van der Waals surface area contributed by atoms with E-state index in [1.54, 1.807) is 0 Å². The summed E-state index contributed by atoms with van der Waals surface area (Å²) in [6.45, 7) is 7.50. The van der Waals surface area contributed by atoms with E-state index in [4.69, 9.17) is 5.84 Å². The minimum absolute atomic E-state index is 0.409. The van der Waals surface area contributed by atoms with Crippen LogP contribution in [0.25, 0.3) is 0 Å². The molecule has 0 rings (SSSR count). The third-order valence-electron chi connectivity index (χ3n) is 1.02. The molecule has 0 fully saturated rings. The molecule has 0 saturated carbocycles. The van der Waals surface area contributed by atoms with Gasteiger partial charge in [0.15, 0.2) is 0 Å². The minimum atomic E-state index is 0.409. The second-order valence-electron chi connectivity index (χ2n) is 3.26. The van der Waals surface area contributed by atoms with Crippen molar-refractivity contribution in [2.24, 2.45) is 11.3 Å². The van der Waals surface area contributed by atoms with Crippen molar-refractivity contribution in [3.05, 3.63) is 0 Å². The fraction of sp³-hybridized carbons (Fsp3) is 1.00. The average Bonchev–Trinajstić information content (AvgIpc) is 1.59. The van der Waals surface area contributed by atoms with Crippen LogP contribution in [0, 0.1) is 5.41 Å². The van der Waals surface area contributed by atoms with Crippen LogP contribution in [0.15, 0.2) is 0 Å². The molecule has 3 N–H and O–H groups in total. The zero-order valence-electron chi connectivity index (χ0n) is 5.99. The fourth-order valence-electron chi connectivity index (χ4n) is 0.447. The number of hydrogen-bond donors (Lipinski definition) is 2. The Hall–Kier alpha value is -0.0800. The first kappa shape index (κ1) is 7.92. The molecule has 8 heavy (non-hydrogen) atoms. The van der Waals surface area contributed by atoms with E-state index in [-0.39, 0.29) is 0 Å². The first-order chi connectivity index (χ1) is 3.56. The van der Waals surface area contributed by atoms with Gasteiger partial charge in [-0.05, 0) is 11.8 Å². The zero-order valence-corrected chi connectivity index (χ0v) is 5.99. The van der Waals surface area contributed by atoms with Crippen LogP contribution in [0.3, 0.4) is 0 Å². The Balaban J connectivity index is 3.11. The predicted octanol–water partition coefficient (Wildman–Crippen LogP) is 0.886. The van der Waals surface area contributed by atoms with Gasteiger partial charge in [-0.1, -0.05) is 20.8 Å². The van der Waals surface area contributed by atoms with E-state index < -0.39 is 0 Å². The van der Waals surface area contributed by atoms with E-state index >= 15 is 0 Å². The fourth-order valence-corrected chi connectivity index (χ4v) is 0.447. The van der Waals surface area contributed by atoms with E-state index in [0.29, 0.717) is 5.41 Å². The van der Waals surface area contributed by atoms with Crippen molar-refractivity contribution in [3.63, 3.8) is 0 Å². The smallest absolute Gasteiger partial charge is 0.0102 e. The maximum Gasteiger partial charge on any atom is 0.0102 e. The molecule has 0 saturated heterocycles. The van der Waals surface area contributed by atoms with E-state index in [2.05, 4.69) is 26.2 Å². The van der Waals surface area contributed by atoms with Crippen LogP contribution in [0.4, 0.5) is 0 Å². The molecule has 0 spiro atoms. The van der Waals surface area contributed by atoms with Gasteiger partial charge in [0.1, 0.15) is 0 Å². The number of nitrogens with two attached hydrogens (primary N) is 1. The van der Waals surface area contributed by atoms with Crippen molar-refractivity contribution in [2.75, 3.05) is 6.54 Å². The summed E-state index contributed by atoms with van der Waals surface area (Å²) in [6, 6.07) is 0. The highest BCUT2D eigenvalue weighted by Gasteiger charge is 2.07. The quantitative estimate of drug-likeness (QED) is 0.415. The summed E-state index contributed by atoms with van der Waals surface area (Å²) in [4.78, 5) is 0. The molecule has 0 aliphatic carbocycles. The Labute approximate surface area is 51.4 Å². The normalized spacial score (nSPS) is 12.0. The van der Waals surface area contributed by atoms with Crippen molar-refractivity contribution in [2.45, 2.75) is 27.2 Å². The molecule has 0 aromatic carbocycles. The summed E-state index contributed by atoms with van der Waals surface area (Å²) < 4.78 is 0. The van der Waals surface area contributed by atoms with Gasteiger partial charge in [-0.25, -0.2) is 0 Å². The number of hydrogen-bond acceptors (Lipinski definition) is 2. The highest BCUT2D eigenvalue weighted by Crippen LogP contribution is 2.16. The molecule has 0 amide bonds. The number of hydrazine groups is 1. The van der Waals surface area contributed by atoms with Crippen LogP contribution in [-0.2, 0) is 0 Å². The molecule has 0 heterocycles. The van der Waals surface area contributed by atoms with Gasteiger partial charge in [-0.2, -0.15) is 0 Å². The Morgan fingerprint density at radius 1 is 1.38 bits per heavy atom. The molecule has 0 unspecified atom stereocenters. The van der Waals surface area contributed by atoms with Crippen LogP contribution in [-0.4, -0.2) is 6.54 Å². The molecule has 0 aliphatic rings. The van der Waals surface area contributed by atoms with Gasteiger partial charge in [-0.3, -0.25) is 11.3 Å². The van der Waals surface area contributed by atoms with Crippen molar-refractivity contribution in [1.82, 2.24) is 5.43 Å².